The third-order valence-corrected chi connectivity index (χ3v) is 4.71. The van der Waals surface area contributed by atoms with Gasteiger partial charge in [-0.2, -0.15) is 0 Å². The highest BCUT2D eigenvalue weighted by atomic mass is 35.5. The number of benzene rings is 2. The molecule has 0 unspecified atom stereocenters. The lowest BCUT2D eigenvalue weighted by atomic mass is 10.1. The molecule has 0 radical (unpaired) electrons. The van der Waals surface area contributed by atoms with Crippen molar-refractivity contribution < 1.29 is 9.47 Å². The second-order valence-corrected chi connectivity index (χ2v) is 6.21. The van der Waals surface area contributed by atoms with Crippen LogP contribution in [0.5, 0.6) is 17.2 Å². The third-order valence-electron chi connectivity index (χ3n) is 3.76. The maximum atomic E-state index is 5.95. The number of hydrogen-bond donors (Lipinski definition) is 0. The van der Waals surface area contributed by atoms with Crippen molar-refractivity contribution in [1.82, 2.24) is 4.98 Å². The summed E-state index contributed by atoms with van der Waals surface area (Å²) in [6, 6.07) is 19.7. The van der Waals surface area contributed by atoms with Gasteiger partial charge >= 0.3 is 0 Å². The molecule has 0 bridgehead atoms. The molecule has 0 saturated carbocycles. The van der Waals surface area contributed by atoms with Gasteiger partial charge in [0.1, 0.15) is 17.2 Å². The maximum absolute atomic E-state index is 5.95. The minimum absolute atomic E-state index is 0. The highest BCUT2D eigenvalue weighted by molar-refractivity contribution is 7.17. The van der Waals surface area contributed by atoms with Gasteiger partial charge in [-0.1, -0.05) is 12.1 Å². The van der Waals surface area contributed by atoms with E-state index in [4.69, 9.17) is 9.47 Å². The van der Waals surface area contributed by atoms with E-state index in [1.807, 2.05) is 54.7 Å². The molecule has 0 aliphatic carbocycles. The van der Waals surface area contributed by atoms with Crippen LogP contribution in [-0.4, -0.2) is 12.1 Å². The zero-order valence-electron chi connectivity index (χ0n) is 13.5. The Hall–Kier alpha value is -2.56. The Morgan fingerprint density at radius 1 is 0.880 bits per heavy atom. The summed E-state index contributed by atoms with van der Waals surface area (Å²) in [5, 5.41) is 3.33. The lowest BCUT2D eigenvalue weighted by Gasteiger charge is -2.07. The smallest absolute Gasteiger partial charge is 0.131 e. The molecule has 126 valence electrons. The molecule has 4 rings (SSSR count). The number of fused-ring (bicyclic) bond motifs is 1. The molecule has 5 heteroatoms. The number of ether oxygens (including phenoxy) is 2. The van der Waals surface area contributed by atoms with Gasteiger partial charge < -0.3 is 9.47 Å². The Labute approximate surface area is 156 Å². The van der Waals surface area contributed by atoms with E-state index in [2.05, 4.69) is 22.5 Å². The first-order valence-electron chi connectivity index (χ1n) is 7.58. The van der Waals surface area contributed by atoms with Gasteiger partial charge in [0.25, 0.3) is 0 Å². The van der Waals surface area contributed by atoms with Crippen LogP contribution >= 0.6 is 23.7 Å². The minimum Gasteiger partial charge on any atom is -0.497 e. The van der Waals surface area contributed by atoms with Crippen LogP contribution in [0.25, 0.3) is 21.3 Å². The van der Waals surface area contributed by atoms with Gasteiger partial charge in [0.15, 0.2) is 0 Å². The van der Waals surface area contributed by atoms with E-state index in [1.54, 1.807) is 18.4 Å². The van der Waals surface area contributed by atoms with E-state index in [0.29, 0.717) is 0 Å². The van der Waals surface area contributed by atoms with E-state index in [9.17, 15) is 0 Å². The summed E-state index contributed by atoms with van der Waals surface area (Å²) in [5.74, 6) is 2.35. The molecule has 2 heterocycles. The van der Waals surface area contributed by atoms with Crippen LogP contribution in [0, 0.1) is 0 Å². The SMILES string of the molecule is COc1cccc(Oc2ccc3c(-c4ccccn4)csc3c2)c1.Cl. The first-order valence-corrected chi connectivity index (χ1v) is 8.46. The molecule has 25 heavy (non-hydrogen) atoms. The molecular formula is C20H16ClNO2S. The van der Waals surface area contributed by atoms with Crippen molar-refractivity contribution in [3.8, 4) is 28.5 Å². The predicted octanol–water partition coefficient (Wildman–Crippen LogP) is 6.19. The Morgan fingerprint density at radius 2 is 1.72 bits per heavy atom. The summed E-state index contributed by atoms with van der Waals surface area (Å²) in [5.41, 5.74) is 2.15. The Morgan fingerprint density at radius 3 is 2.52 bits per heavy atom. The highest BCUT2D eigenvalue weighted by Gasteiger charge is 2.09. The molecule has 0 N–H and O–H groups in total. The molecule has 0 saturated heterocycles. The lowest BCUT2D eigenvalue weighted by molar-refractivity contribution is 0.409. The lowest BCUT2D eigenvalue weighted by Crippen LogP contribution is -1.86. The number of nitrogens with zero attached hydrogens (tertiary/aromatic N) is 1. The number of rotatable bonds is 4. The van der Waals surface area contributed by atoms with Crippen molar-refractivity contribution in [1.29, 1.82) is 0 Å². The van der Waals surface area contributed by atoms with Crippen molar-refractivity contribution in [2.75, 3.05) is 7.11 Å². The summed E-state index contributed by atoms with van der Waals surface area (Å²) in [6.45, 7) is 0. The van der Waals surface area contributed by atoms with Gasteiger partial charge in [-0.15, -0.1) is 23.7 Å². The first-order chi connectivity index (χ1) is 11.8. The van der Waals surface area contributed by atoms with Crippen LogP contribution < -0.4 is 9.47 Å². The largest absolute Gasteiger partial charge is 0.497 e. The molecule has 0 spiro atoms. The van der Waals surface area contributed by atoms with Crippen molar-refractivity contribution in [2.24, 2.45) is 0 Å². The van der Waals surface area contributed by atoms with Crippen molar-refractivity contribution >= 4 is 33.8 Å². The fourth-order valence-electron chi connectivity index (χ4n) is 2.59. The topological polar surface area (TPSA) is 31.4 Å². The number of halogens is 1. The Kier molecular flexibility index (Phi) is 5.22. The van der Waals surface area contributed by atoms with Gasteiger partial charge in [0.2, 0.25) is 0 Å². The molecular weight excluding hydrogens is 354 g/mol. The van der Waals surface area contributed by atoms with Crippen LogP contribution in [0.4, 0.5) is 0 Å². The monoisotopic (exact) mass is 369 g/mol. The van der Waals surface area contributed by atoms with Crippen molar-refractivity contribution in [3.05, 3.63) is 72.2 Å². The van der Waals surface area contributed by atoms with Crippen LogP contribution in [0.2, 0.25) is 0 Å². The minimum atomic E-state index is 0. The summed E-state index contributed by atoms with van der Waals surface area (Å²) < 4.78 is 12.4. The molecule has 0 aliphatic heterocycles. The fourth-order valence-corrected chi connectivity index (χ4v) is 3.57. The van der Waals surface area contributed by atoms with E-state index in [1.165, 1.54) is 10.1 Å². The van der Waals surface area contributed by atoms with Crippen LogP contribution in [0.1, 0.15) is 0 Å². The van der Waals surface area contributed by atoms with E-state index >= 15 is 0 Å². The summed E-state index contributed by atoms with van der Waals surface area (Å²) in [6.07, 6.45) is 1.82. The van der Waals surface area contributed by atoms with Crippen LogP contribution in [0.15, 0.2) is 72.2 Å². The Balaban J connectivity index is 0.00000182. The zero-order valence-corrected chi connectivity index (χ0v) is 15.1. The molecule has 0 fully saturated rings. The van der Waals surface area contributed by atoms with E-state index in [0.717, 1.165) is 28.5 Å². The molecule has 3 nitrogen and oxygen atoms in total. The second-order valence-electron chi connectivity index (χ2n) is 5.30. The molecule has 4 aromatic rings. The van der Waals surface area contributed by atoms with Gasteiger partial charge in [-0.05, 0) is 42.5 Å². The average Bonchev–Trinajstić information content (AvgIpc) is 3.06. The molecule has 0 amide bonds. The highest BCUT2D eigenvalue weighted by Crippen LogP contribution is 2.36. The molecule has 2 aromatic carbocycles. The van der Waals surface area contributed by atoms with Crippen LogP contribution in [-0.2, 0) is 0 Å². The molecule has 0 atom stereocenters. The number of thiophene rings is 1. The number of methoxy groups -OCH3 is 1. The zero-order chi connectivity index (χ0) is 16.4. The maximum Gasteiger partial charge on any atom is 0.131 e. The van der Waals surface area contributed by atoms with Gasteiger partial charge in [0.05, 0.1) is 12.8 Å². The molecule has 2 aromatic heterocycles. The van der Waals surface area contributed by atoms with Crippen molar-refractivity contribution in [3.63, 3.8) is 0 Å². The third kappa shape index (κ3) is 3.60. The van der Waals surface area contributed by atoms with E-state index < -0.39 is 0 Å². The fraction of sp³-hybridized carbons (Fsp3) is 0.0500. The van der Waals surface area contributed by atoms with Gasteiger partial charge in [0, 0.05) is 33.3 Å². The number of pyridine rings is 1. The van der Waals surface area contributed by atoms with E-state index in [-0.39, 0.29) is 12.4 Å². The first kappa shape index (κ1) is 17.3. The standard InChI is InChI=1S/C20H15NO2S.ClH/c1-22-14-5-4-6-15(11-14)23-16-8-9-17-18(13-24-20(17)12-16)19-7-2-3-10-21-19;/h2-13H,1H3;1H. The predicted molar refractivity (Wildman–Crippen MR) is 105 cm³/mol. The Bertz CT molecular complexity index is 985. The van der Waals surface area contributed by atoms with Crippen LogP contribution in [0.3, 0.4) is 0 Å². The summed E-state index contributed by atoms with van der Waals surface area (Å²) in [7, 11) is 1.65. The molecule has 0 aliphatic rings. The normalized spacial score (nSPS) is 10.3. The average molecular weight is 370 g/mol. The number of aromatic nitrogens is 1. The van der Waals surface area contributed by atoms with Crippen molar-refractivity contribution in [2.45, 2.75) is 0 Å². The van der Waals surface area contributed by atoms with Gasteiger partial charge in [-0.25, -0.2) is 0 Å². The van der Waals surface area contributed by atoms with Gasteiger partial charge in [-0.3, -0.25) is 4.98 Å². The second kappa shape index (κ2) is 7.55. The summed E-state index contributed by atoms with van der Waals surface area (Å²) >= 11 is 1.70. The quantitative estimate of drug-likeness (QED) is 0.430. The number of hydrogen-bond acceptors (Lipinski definition) is 4. The summed E-state index contributed by atoms with van der Waals surface area (Å²) in [4.78, 5) is 4.44.